The largest absolute Gasteiger partial charge is 0.490 e. The predicted octanol–water partition coefficient (Wildman–Crippen LogP) is 4.37. The molecule has 1 fully saturated rings. The average molecular weight is 461 g/mol. The third kappa shape index (κ3) is 5.85. The Morgan fingerprint density at radius 2 is 1.74 bits per heavy atom. The fourth-order valence-corrected chi connectivity index (χ4v) is 4.02. The summed E-state index contributed by atoms with van der Waals surface area (Å²) >= 11 is 0. The van der Waals surface area contributed by atoms with Gasteiger partial charge in [-0.2, -0.15) is 0 Å². The van der Waals surface area contributed by atoms with Gasteiger partial charge >= 0.3 is 0 Å². The maximum Gasteiger partial charge on any atom is 0.255 e. The Hall–Kier alpha value is -3.58. The molecule has 7 nitrogen and oxygen atoms in total. The van der Waals surface area contributed by atoms with E-state index in [1.807, 2.05) is 31.2 Å². The Kier molecular flexibility index (Phi) is 7.65. The number of nitrogens with one attached hydrogen (secondary N) is 1. The summed E-state index contributed by atoms with van der Waals surface area (Å²) in [6, 6.07) is 15.2. The van der Waals surface area contributed by atoms with E-state index in [1.54, 1.807) is 30.6 Å². The average Bonchev–Trinajstić information content (AvgIpc) is 2.85. The summed E-state index contributed by atoms with van der Waals surface area (Å²) in [7, 11) is 2.15. The molecule has 1 saturated heterocycles. The minimum atomic E-state index is -0.187. The lowest BCUT2D eigenvalue weighted by Crippen LogP contribution is -2.44. The first kappa shape index (κ1) is 23.6. The van der Waals surface area contributed by atoms with E-state index < -0.39 is 0 Å². The first-order chi connectivity index (χ1) is 16.5. The van der Waals surface area contributed by atoms with Crippen LogP contribution in [0.2, 0.25) is 0 Å². The standard InChI is InChI=1S/C27H32N4O3/c1-4-33-26-18-22(5-8-25(26)34-19-21-9-11-28-12-10-21)27(32)29-23-6-7-24(20(2)17-23)31-15-13-30(3)14-16-31/h5-12,17-18H,4,13-16,19H2,1-3H3,(H,29,32). The van der Waals surface area contributed by atoms with Gasteiger partial charge in [0, 0.05) is 55.5 Å². The topological polar surface area (TPSA) is 66.9 Å². The molecule has 1 aliphatic rings. The molecule has 2 heterocycles. The zero-order chi connectivity index (χ0) is 23.9. The Morgan fingerprint density at radius 1 is 0.971 bits per heavy atom. The number of ether oxygens (including phenoxy) is 2. The van der Waals surface area contributed by atoms with Crippen molar-refractivity contribution in [2.24, 2.45) is 0 Å². The van der Waals surface area contributed by atoms with Gasteiger partial charge in [0.05, 0.1) is 6.61 Å². The van der Waals surface area contributed by atoms with Crippen LogP contribution in [0.15, 0.2) is 60.9 Å². The molecule has 1 aliphatic heterocycles. The van der Waals surface area contributed by atoms with Crippen molar-refractivity contribution in [1.82, 2.24) is 9.88 Å². The molecule has 0 aliphatic carbocycles. The first-order valence-electron chi connectivity index (χ1n) is 11.7. The molecule has 3 aromatic rings. The highest BCUT2D eigenvalue weighted by Gasteiger charge is 2.17. The number of carbonyl (C=O) groups excluding carboxylic acids is 1. The number of hydrogen-bond donors (Lipinski definition) is 1. The van der Waals surface area contributed by atoms with Gasteiger partial charge in [-0.1, -0.05) is 0 Å². The van der Waals surface area contributed by atoms with E-state index in [1.165, 1.54) is 5.69 Å². The van der Waals surface area contributed by atoms with Gasteiger partial charge in [-0.05, 0) is 80.6 Å². The molecule has 7 heteroatoms. The molecule has 2 aromatic carbocycles. The molecule has 1 amide bonds. The number of pyridine rings is 1. The third-order valence-electron chi connectivity index (χ3n) is 5.95. The van der Waals surface area contributed by atoms with Crippen molar-refractivity contribution in [3.8, 4) is 11.5 Å². The predicted molar refractivity (Wildman–Crippen MR) is 135 cm³/mol. The lowest BCUT2D eigenvalue weighted by molar-refractivity contribution is 0.102. The highest BCUT2D eigenvalue weighted by molar-refractivity contribution is 6.04. The van der Waals surface area contributed by atoms with Gasteiger partial charge in [0.1, 0.15) is 6.61 Å². The summed E-state index contributed by atoms with van der Waals surface area (Å²) in [5.41, 5.74) is 4.67. The Morgan fingerprint density at radius 3 is 2.44 bits per heavy atom. The van der Waals surface area contributed by atoms with Gasteiger partial charge < -0.3 is 24.6 Å². The quantitative estimate of drug-likeness (QED) is 0.538. The molecular weight excluding hydrogens is 428 g/mol. The van der Waals surface area contributed by atoms with Crippen LogP contribution >= 0.6 is 0 Å². The SMILES string of the molecule is CCOc1cc(C(=O)Nc2ccc(N3CCN(C)CC3)c(C)c2)ccc1OCc1ccncc1. The number of rotatable bonds is 8. The molecule has 0 atom stereocenters. The van der Waals surface area contributed by atoms with Crippen molar-refractivity contribution in [2.75, 3.05) is 50.1 Å². The number of piperazine rings is 1. The molecule has 34 heavy (non-hydrogen) atoms. The lowest BCUT2D eigenvalue weighted by Gasteiger charge is -2.35. The number of aromatic nitrogens is 1. The maximum atomic E-state index is 13.0. The van der Waals surface area contributed by atoms with Crippen molar-refractivity contribution in [3.63, 3.8) is 0 Å². The number of nitrogens with zero attached hydrogens (tertiary/aromatic N) is 3. The zero-order valence-electron chi connectivity index (χ0n) is 20.1. The van der Waals surface area contributed by atoms with Crippen LogP contribution in [0.5, 0.6) is 11.5 Å². The van der Waals surface area contributed by atoms with E-state index in [9.17, 15) is 4.79 Å². The monoisotopic (exact) mass is 460 g/mol. The van der Waals surface area contributed by atoms with Crippen LogP contribution in [0.25, 0.3) is 0 Å². The van der Waals surface area contributed by atoms with Crippen LogP contribution in [0.4, 0.5) is 11.4 Å². The Labute approximate surface area is 201 Å². The minimum Gasteiger partial charge on any atom is -0.490 e. The summed E-state index contributed by atoms with van der Waals surface area (Å²) < 4.78 is 11.7. The highest BCUT2D eigenvalue weighted by Crippen LogP contribution is 2.30. The number of amides is 1. The van der Waals surface area contributed by atoms with Gasteiger partial charge in [-0.25, -0.2) is 0 Å². The number of benzene rings is 2. The molecule has 0 unspecified atom stereocenters. The number of aryl methyl sites for hydroxylation is 1. The highest BCUT2D eigenvalue weighted by atomic mass is 16.5. The van der Waals surface area contributed by atoms with Crippen LogP contribution in [0, 0.1) is 6.92 Å². The maximum absolute atomic E-state index is 13.0. The van der Waals surface area contributed by atoms with Gasteiger partial charge in [-0.3, -0.25) is 9.78 Å². The first-order valence-corrected chi connectivity index (χ1v) is 11.7. The fraction of sp³-hybridized carbons (Fsp3) is 0.333. The zero-order valence-corrected chi connectivity index (χ0v) is 20.1. The van der Waals surface area contributed by atoms with Gasteiger partial charge in [0.15, 0.2) is 11.5 Å². The second kappa shape index (κ2) is 11.0. The third-order valence-corrected chi connectivity index (χ3v) is 5.95. The Bertz CT molecular complexity index is 1110. The minimum absolute atomic E-state index is 0.187. The molecule has 1 aromatic heterocycles. The molecule has 0 bridgehead atoms. The van der Waals surface area contributed by atoms with Crippen molar-refractivity contribution in [2.45, 2.75) is 20.5 Å². The van der Waals surface area contributed by atoms with Crippen LogP contribution in [0.3, 0.4) is 0 Å². The smallest absolute Gasteiger partial charge is 0.255 e. The normalized spacial score (nSPS) is 14.0. The van der Waals surface area contributed by atoms with Crippen molar-refractivity contribution in [1.29, 1.82) is 0 Å². The Balaban J connectivity index is 1.44. The van der Waals surface area contributed by atoms with Gasteiger partial charge in [0.25, 0.3) is 5.91 Å². The molecule has 4 rings (SSSR count). The number of hydrogen-bond acceptors (Lipinski definition) is 6. The number of likely N-dealkylation sites (N-methyl/N-ethyl adjacent to an activating group) is 1. The summed E-state index contributed by atoms with van der Waals surface area (Å²) in [6.07, 6.45) is 3.46. The summed E-state index contributed by atoms with van der Waals surface area (Å²) in [4.78, 5) is 21.7. The molecule has 178 valence electrons. The van der Waals surface area contributed by atoms with Crippen molar-refractivity contribution >= 4 is 17.3 Å². The summed E-state index contributed by atoms with van der Waals surface area (Å²) in [5.74, 6) is 0.960. The molecule has 0 saturated carbocycles. The summed E-state index contributed by atoms with van der Waals surface area (Å²) in [6.45, 7) is 9.01. The number of anilines is 2. The molecular formula is C27H32N4O3. The van der Waals surface area contributed by atoms with E-state index in [2.05, 4.69) is 40.1 Å². The van der Waals surface area contributed by atoms with E-state index in [4.69, 9.17) is 9.47 Å². The second-order valence-corrected chi connectivity index (χ2v) is 8.48. The number of carbonyl (C=O) groups is 1. The fourth-order valence-electron chi connectivity index (χ4n) is 4.02. The molecule has 1 N–H and O–H groups in total. The van der Waals surface area contributed by atoms with E-state index >= 15 is 0 Å². The van der Waals surface area contributed by atoms with Crippen molar-refractivity contribution in [3.05, 3.63) is 77.6 Å². The lowest BCUT2D eigenvalue weighted by atomic mass is 10.1. The molecule has 0 spiro atoms. The van der Waals surface area contributed by atoms with Crippen LogP contribution in [-0.2, 0) is 6.61 Å². The molecule has 0 radical (unpaired) electrons. The van der Waals surface area contributed by atoms with E-state index in [0.717, 1.165) is 43.0 Å². The summed E-state index contributed by atoms with van der Waals surface area (Å²) in [5, 5.41) is 3.01. The van der Waals surface area contributed by atoms with Gasteiger partial charge in [-0.15, -0.1) is 0 Å². The van der Waals surface area contributed by atoms with E-state index in [0.29, 0.717) is 30.3 Å². The van der Waals surface area contributed by atoms with Crippen LogP contribution < -0.4 is 19.7 Å². The van der Waals surface area contributed by atoms with Crippen molar-refractivity contribution < 1.29 is 14.3 Å². The second-order valence-electron chi connectivity index (χ2n) is 8.48. The van der Waals surface area contributed by atoms with E-state index in [-0.39, 0.29) is 5.91 Å². The van der Waals surface area contributed by atoms with Crippen LogP contribution in [0.1, 0.15) is 28.4 Å². The van der Waals surface area contributed by atoms with Gasteiger partial charge in [0.2, 0.25) is 0 Å². The van der Waals surface area contributed by atoms with Crippen LogP contribution in [-0.4, -0.2) is 55.6 Å².